The normalized spacial score (nSPS) is 17.8. The van der Waals surface area contributed by atoms with Crippen molar-refractivity contribution >= 4 is 5.78 Å². The van der Waals surface area contributed by atoms with Crippen LogP contribution in [0.2, 0.25) is 0 Å². The monoisotopic (exact) mass is 251 g/mol. The van der Waals surface area contributed by atoms with Crippen LogP contribution in [0.1, 0.15) is 34.9 Å². The van der Waals surface area contributed by atoms with Crippen molar-refractivity contribution in [3.05, 3.63) is 29.3 Å². The molecule has 5 heteroatoms. The van der Waals surface area contributed by atoms with Crippen LogP contribution in [-0.2, 0) is 0 Å². The summed E-state index contributed by atoms with van der Waals surface area (Å²) in [6, 6.07) is 4.87. The van der Waals surface area contributed by atoms with Crippen LogP contribution in [0.4, 0.5) is 0 Å². The average Bonchev–Trinajstić information content (AvgIpc) is 2.38. The van der Waals surface area contributed by atoms with Crippen molar-refractivity contribution in [2.75, 3.05) is 13.2 Å². The number of Topliss-reactive ketones (excluding diaryl/α,β-unsaturated/α-hetero) is 1. The van der Waals surface area contributed by atoms with E-state index in [-0.39, 0.29) is 5.78 Å². The summed E-state index contributed by atoms with van der Waals surface area (Å²) in [4.78, 5) is 11.6. The van der Waals surface area contributed by atoms with Crippen LogP contribution in [0.3, 0.4) is 0 Å². The lowest BCUT2D eigenvalue weighted by Gasteiger charge is -2.21. The Morgan fingerprint density at radius 3 is 2.89 bits per heavy atom. The molecule has 0 saturated carbocycles. The molecule has 18 heavy (non-hydrogen) atoms. The first-order valence-corrected chi connectivity index (χ1v) is 5.99. The minimum absolute atomic E-state index is 0.0415. The third kappa shape index (κ3) is 2.53. The van der Waals surface area contributed by atoms with Crippen molar-refractivity contribution < 1.29 is 19.7 Å². The highest BCUT2D eigenvalue weighted by atomic mass is 16.5. The molecule has 0 spiro atoms. The first-order valence-electron chi connectivity index (χ1n) is 5.99. The summed E-state index contributed by atoms with van der Waals surface area (Å²) in [6.45, 7) is 0.662. The minimum atomic E-state index is -1.01. The number of ketones is 1. The van der Waals surface area contributed by atoms with E-state index in [0.717, 1.165) is 0 Å². The Bertz CT molecular complexity index is 447. The van der Waals surface area contributed by atoms with Gasteiger partial charge in [-0.1, -0.05) is 6.07 Å². The predicted molar refractivity (Wildman–Crippen MR) is 65.5 cm³/mol. The van der Waals surface area contributed by atoms with Crippen molar-refractivity contribution in [3.8, 4) is 5.75 Å². The molecule has 1 aromatic carbocycles. The van der Waals surface area contributed by atoms with Crippen molar-refractivity contribution in [1.82, 2.24) is 0 Å². The molecule has 2 atom stereocenters. The number of aliphatic hydroxyl groups excluding tert-OH is 2. The summed E-state index contributed by atoms with van der Waals surface area (Å²) in [7, 11) is 0. The molecule has 0 saturated heterocycles. The molecule has 0 fully saturated rings. The Morgan fingerprint density at radius 2 is 2.17 bits per heavy atom. The number of benzene rings is 1. The summed E-state index contributed by atoms with van der Waals surface area (Å²) in [6.07, 6.45) is -1.23. The van der Waals surface area contributed by atoms with Gasteiger partial charge in [-0.3, -0.25) is 4.79 Å². The molecule has 0 aliphatic carbocycles. The van der Waals surface area contributed by atoms with Gasteiger partial charge in [0.05, 0.1) is 18.3 Å². The molecule has 5 nitrogen and oxygen atoms in total. The lowest BCUT2D eigenvalue weighted by Crippen LogP contribution is -2.22. The summed E-state index contributed by atoms with van der Waals surface area (Å²) in [5.74, 6) is 0.516. The number of rotatable bonds is 4. The molecule has 0 bridgehead atoms. The average molecular weight is 251 g/mol. The molecular weight excluding hydrogens is 234 g/mol. The lowest BCUT2D eigenvalue weighted by molar-refractivity contribution is 0.0148. The molecule has 1 aliphatic rings. The van der Waals surface area contributed by atoms with Gasteiger partial charge in [-0.15, -0.1) is 0 Å². The molecule has 0 radical (unpaired) electrons. The van der Waals surface area contributed by atoms with E-state index >= 15 is 0 Å². The highest BCUT2D eigenvalue weighted by Gasteiger charge is 2.22. The van der Waals surface area contributed by atoms with E-state index < -0.39 is 12.2 Å². The van der Waals surface area contributed by atoms with Gasteiger partial charge in [-0.05, 0) is 30.7 Å². The molecule has 2 rings (SSSR count). The van der Waals surface area contributed by atoms with Gasteiger partial charge in [0.15, 0.2) is 5.78 Å². The summed E-state index contributed by atoms with van der Waals surface area (Å²) in [5, 5.41) is 19.6. The minimum Gasteiger partial charge on any atom is -0.492 e. The number of hydrogen-bond donors (Lipinski definition) is 3. The van der Waals surface area contributed by atoms with Gasteiger partial charge in [0, 0.05) is 6.42 Å². The number of carbonyl (C=O) groups excluding carboxylic acids is 1. The zero-order valence-electron chi connectivity index (χ0n) is 10.0. The Labute approximate surface area is 105 Å². The van der Waals surface area contributed by atoms with E-state index in [1.165, 1.54) is 0 Å². The number of carbonyl (C=O) groups is 1. The molecule has 98 valence electrons. The molecule has 4 N–H and O–H groups in total. The number of nitrogens with two attached hydrogens (primary N) is 1. The zero-order chi connectivity index (χ0) is 13.1. The third-order valence-corrected chi connectivity index (χ3v) is 3.06. The van der Waals surface area contributed by atoms with Crippen molar-refractivity contribution in [2.24, 2.45) is 5.73 Å². The SMILES string of the molecule is NCCC(O)C(O)c1ccc2c(c1)OCCC2=O. The zero-order valence-corrected chi connectivity index (χ0v) is 10.0. The maximum atomic E-state index is 11.6. The van der Waals surface area contributed by atoms with Gasteiger partial charge >= 0.3 is 0 Å². The Balaban J connectivity index is 2.23. The van der Waals surface area contributed by atoms with E-state index in [9.17, 15) is 15.0 Å². The van der Waals surface area contributed by atoms with E-state index in [1.54, 1.807) is 18.2 Å². The van der Waals surface area contributed by atoms with Gasteiger partial charge in [-0.2, -0.15) is 0 Å². The predicted octanol–water partition coefficient (Wildman–Crippen LogP) is 0.395. The lowest BCUT2D eigenvalue weighted by atomic mass is 9.97. The topological polar surface area (TPSA) is 92.8 Å². The van der Waals surface area contributed by atoms with Crippen molar-refractivity contribution in [2.45, 2.75) is 25.0 Å². The van der Waals surface area contributed by atoms with Gasteiger partial charge in [0.2, 0.25) is 0 Å². The van der Waals surface area contributed by atoms with Crippen molar-refractivity contribution in [1.29, 1.82) is 0 Å². The highest BCUT2D eigenvalue weighted by molar-refractivity contribution is 5.99. The Morgan fingerprint density at radius 1 is 1.39 bits per heavy atom. The highest BCUT2D eigenvalue weighted by Crippen LogP contribution is 2.29. The van der Waals surface area contributed by atoms with Crippen LogP contribution in [0.15, 0.2) is 18.2 Å². The van der Waals surface area contributed by atoms with Crippen LogP contribution in [0, 0.1) is 0 Å². The quantitative estimate of drug-likeness (QED) is 0.720. The van der Waals surface area contributed by atoms with Crippen LogP contribution >= 0.6 is 0 Å². The number of hydrogen-bond acceptors (Lipinski definition) is 5. The summed E-state index contributed by atoms with van der Waals surface area (Å²) < 4.78 is 5.39. The molecule has 0 aromatic heterocycles. The van der Waals surface area contributed by atoms with Crippen molar-refractivity contribution in [3.63, 3.8) is 0 Å². The van der Waals surface area contributed by atoms with E-state index in [2.05, 4.69) is 0 Å². The molecular formula is C13H17NO4. The molecule has 1 heterocycles. The summed E-state index contributed by atoms with van der Waals surface area (Å²) in [5.41, 5.74) is 6.40. The fraction of sp³-hybridized carbons (Fsp3) is 0.462. The van der Waals surface area contributed by atoms with Crippen LogP contribution in [-0.4, -0.2) is 35.3 Å². The molecule has 0 amide bonds. The molecule has 1 aromatic rings. The summed E-state index contributed by atoms with van der Waals surface area (Å²) >= 11 is 0. The largest absolute Gasteiger partial charge is 0.492 e. The van der Waals surface area contributed by atoms with E-state index in [1.807, 2.05) is 0 Å². The van der Waals surface area contributed by atoms with Gasteiger partial charge < -0.3 is 20.7 Å². The standard InChI is InChI=1S/C13H17NO4/c14-5-3-11(16)13(17)8-1-2-9-10(15)4-6-18-12(9)7-8/h1-2,7,11,13,16-17H,3-6,14H2. The molecule has 1 aliphatic heterocycles. The fourth-order valence-corrected chi connectivity index (χ4v) is 2.01. The Hall–Kier alpha value is -1.43. The molecule has 2 unspecified atom stereocenters. The number of aliphatic hydroxyl groups is 2. The van der Waals surface area contributed by atoms with Crippen LogP contribution in [0.25, 0.3) is 0 Å². The second-order valence-corrected chi connectivity index (χ2v) is 4.37. The maximum Gasteiger partial charge on any atom is 0.169 e. The maximum absolute atomic E-state index is 11.6. The van der Waals surface area contributed by atoms with Crippen LogP contribution in [0.5, 0.6) is 5.75 Å². The van der Waals surface area contributed by atoms with Gasteiger partial charge in [0.25, 0.3) is 0 Å². The van der Waals surface area contributed by atoms with Gasteiger partial charge in [0.1, 0.15) is 11.9 Å². The third-order valence-electron chi connectivity index (χ3n) is 3.06. The fourth-order valence-electron chi connectivity index (χ4n) is 2.01. The van der Waals surface area contributed by atoms with E-state index in [0.29, 0.717) is 42.9 Å². The first kappa shape index (κ1) is 13.0. The number of fused-ring (bicyclic) bond motifs is 1. The number of ether oxygens (including phenoxy) is 1. The first-order chi connectivity index (χ1) is 8.63. The Kier molecular flexibility index (Phi) is 3.96. The van der Waals surface area contributed by atoms with Gasteiger partial charge in [-0.25, -0.2) is 0 Å². The smallest absolute Gasteiger partial charge is 0.169 e. The second-order valence-electron chi connectivity index (χ2n) is 4.37. The second kappa shape index (κ2) is 5.48. The van der Waals surface area contributed by atoms with E-state index in [4.69, 9.17) is 10.5 Å². The van der Waals surface area contributed by atoms with Crippen LogP contribution < -0.4 is 10.5 Å².